The zero-order valence-corrected chi connectivity index (χ0v) is 13.2. The molecular formula is C16H17FN4O3. The van der Waals surface area contributed by atoms with Gasteiger partial charge in [0.15, 0.2) is 12.4 Å². The lowest BCUT2D eigenvalue weighted by molar-refractivity contribution is -0.605. The van der Waals surface area contributed by atoms with Crippen LogP contribution in [0.1, 0.15) is 29.4 Å². The molecule has 1 saturated heterocycles. The van der Waals surface area contributed by atoms with E-state index in [1.165, 1.54) is 24.8 Å². The van der Waals surface area contributed by atoms with Crippen molar-refractivity contribution < 1.29 is 18.7 Å². The minimum absolute atomic E-state index is 0.0849. The number of hydrogen-bond acceptors (Lipinski definition) is 5. The largest absolute Gasteiger partial charge is 0.619 e. The van der Waals surface area contributed by atoms with E-state index in [9.17, 15) is 14.4 Å². The van der Waals surface area contributed by atoms with Gasteiger partial charge in [-0.05, 0) is 12.5 Å². The molecule has 0 aliphatic carbocycles. The molecule has 0 bridgehead atoms. The van der Waals surface area contributed by atoms with Gasteiger partial charge in [-0.1, -0.05) is 6.92 Å². The Morgan fingerprint density at radius 1 is 1.54 bits per heavy atom. The number of aromatic nitrogens is 3. The number of carbonyl (C=O) groups is 1. The second-order valence-corrected chi connectivity index (χ2v) is 5.53. The Morgan fingerprint density at radius 3 is 3.12 bits per heavy atom. The lowest BCUT2D eigenvalue weighted by atomic mass is 10.2. The lowest BCUT2D eigenvalue weighted by Crippen LogP contribution is -2.33. The van der Waals surface area contributed by atoms with Gasteiger partial charge in [0, 0.05) is 19.0 Å². The minimum atomic E-state index is -0.555. The summed E-state index contributed by atoms with van der Waals surface area (Å²) in [4.78, 5) is 21.7. The molecule has 3 heterocycles. The number of ether oxygens (including phenoxy) is 1. The Labute approximate surface area is 138 Å². The van der Waals surface area contributed by atoms with E-state index in [2.05, 4.69) is 9.97 Å². The molecule has 0 spiro atoms. The first kappa shape index (κ1) is 16.1. The van der Waals surface area contributed by atoms with Crippen LogP contribution in [-0.2, 0) is 6.42 Å². The van der Waals surface area contributed by atoms with E-state index < -0.39 is 5.82 Å². The van der Waals surface area contributed by atoms with Gasteiger partial charge in [0.05, 0.1) is 12.2 Å². The van der Waals surface area contributed by atoms with Gasteiger partial charge in [-0.15, -0.1) is 0 Å². The van der Waals surface area contributed by atoms with Crippen molar-refractivity contribution >= 4 is 5.91 Å². The van der Waals surface area contributed by atoms with Gasteiger partial charge >= 0.3 is 0 Å². The van der Waals surface area contributed by atoms with Crippen molar-refractivity contribution in [3.05, 3.63) is 53.1 Å². The maximum Gasteiger partial charge on any atom is 0.260 e. The highest BCUT2D eigenvalue weighted by Gasteiger charge is 2.30. The van der Waals surface area contributed by atoms with Crippen LogP contribution in [0.2, 0.25) is 0 Å². The topological polar surface area (TPSA) is 82.3 Å². The Kier molecular flexibility index (Phi) is 4.54. The van der Waals surface area contributed by atoms with Gasteiger partial charge in [-0.25, -0.2) is 4.98 Å². The van der Waals surface area contributed by atoms with E-state index >= 15 is 0 Å². The Balaban J connectivity index is 1.67. The molecule has 8 heteroatoms. The van der Waals surface area contributed by atoms with Gasteiger partial charge < -0.3 is 14.8 Å². The lowest BCUT2D eigenvalue weighted by Gasteiger charge is -2.17. The first-order chi connectivity index (χ1) is 11.6. The summed E-state index contributed by atoms with van der Waals surface area (Å²) < 4.78 is 20.3. The molecule has 0 radical (unpaired) electrons. The van der Waals surface area contributed by atoms with Crippen LogP contribution in [0.5, 0.6) is 5.88 Å². The first-order valence-corrected chi connectivity index (χ1v) is 7.72. The summed E-state index contributed by atoms with van der Waals surface area (Å²) >= 11 is 0. The van der Waals surface area contributed by atoms with Gasteiger partial charge in [-0.3, -0.25) is 4.79 Å². The second-order valence-electron chi connectivity index (χ2n) is 5.53. The van der Waals surface area contributed by atoms with E-state index in [0.29, 0.717) is 41.9 Å². The summed E-state index contributed by atoms with van der Waals surface area (Å²) in [5.41, 5.74) is 0.616. The molecule has 0 saturated carbocycles. The van der Waals surface area contributed by atoms with Gasteiger partial charge in [0.1, 0.15) is 18.0 Å². The zero-order valence-electron chi connectivity index (χ0n) is 13.2. The van der Waals surface area contributed by atoms with Crippen LogP contribution in [0, 0.1) is 11.0 Å². The summed E-state index contributed by atoms with van der Waals surface area (Å²) in [6.45, 7) is 2.59. The number of hydrogen-bond donors (Lipinski definition) is 0. The van der Waals surface area contributed by atoms with Crippen molar-refractivity contribution in [1.82, 2.24) is 14.9 Å². The standard InChI is InChI=1S/C16H17FN4O3/c1-2-13-14(17)15(19-10-18-13)24-12-5-7-20(9-12)16(22)11-4-3-6-21(23)8-11/h3-4,6,8,10,12H,2,5,7,9H2,1H3. The third-order valence-corrected chi connectivity index (χ3v) is 3.90. The molecule has 24 heavy (non-hydrogen) atoms. The Bertz CT molecular complexity index is 756. The fourth-order valence-corrected chi connectivity index (χ4v) is 2.65. The molecule has 1 aliphatic heterocycles. The van der Waals surface area contributed by atoms with Crippen LogP contribution in [0.15, 0.2) is 30.9 Å². The number of halogens is 1. The normalized spacial score (nSPS) is 17.1. The molecule has 1 atom stereocenters. The molecule has 126 valence electrons. The van der Waals surface area contributed by atoms with Crippen molar-refractivity contribution in [2.75, 3.05) is 13.1 Å². The quantitative estimate of drug-likeness (QED) is 0.619. The Morgan fingerprint density at radius 2 is 2.38 bits per heavy atom. The van der Waals surface area contributed by atoms with Crippen molar-refractivity contribution in [2.45, 2.75) is 25.9 Å². The number of pyridine rings is 1. The van der Waals surface area contributed by atoms with Crippen LogP contribution >= 0.6 is 0 Å². The highest BCUT2D eigenvalue weighted by atomic mass is 19.1. The van der Waals surface area contributed by atoms with E-state index in [1.807, 2.05) is 0 Å². The summed E-state index contributed by atoms with van der Waals surface area (Å²) in [5, 5.41) is 11.3. The molecule has 1 unspecified atom stereocenters. The molecule has 3 rings (SSSR count). The van der Waals surface area contributed by atoms with Crippen molar-refractivity contribution in [3.63, 3.8) is 0 Å². The summed E-state index contributed by atoms with van der Waals surface area (Å²) in [7, 11) is 0. The number of aryl methyl sites for hydroxylation is 1. The van der Waals surface area contributed by atoms with E-state index in [4.69, 9.17) is 4.74 Å². The van der Waals surface area contributed by atoms with Crippen LogP contribution < -0.4 is 9.47 Å². The van der Waals surface area contributed by atoms with Crippen LogP contribution in [0.25, 0.3) is 0 Å². The number of nitrogens with zero attached hydrogens (tertiary/aromatic N) is 4. The smallest absolute Gasteiger partial charge is 0.260 e. The first-order valence-electron chi connectivity index (χ1n) is 7.72. The predicted octanol–water partition coefficient (Wildman–Crippen LogP) is 1.10. The predicted molar refractivity (Wildman–Crippen MR) is 81.7 cm³/mol. The van der Waals surface area contributed by atoms with Gasteiger partial charge in [-0.2, -0.15) is 14.1 Å². The second kappa shape index (κ2) is 6.77. The SMILES string of the molecule is CCc1ncnc(OC2CCN(C(=O)c3ccc[n+]([O-])c3)C2)c1F. The molecule has 2 aromatic heterocycles. The average molecular weight is 332 g/mol. The summed E-state index contributed by atoms with van der Waals surface area (Å²) in [6.07, 6.45) is 4.49. The molecular weight excluding hydrogens is 315 g/mol. The van der Waals surface area contributed by atoms with Crippen molar-refractivity contribution in [2.24, 2.45) is 0 Å². The fraction of sp³-hybridized carbons (Fsp3) is 0.375. The molecule has 7 nitrogen and oxygen atoms in total. The van der Waals surface area contributed by atoms with Crippen LogP contribution in [0.4, 0.5) is 4.39 Å². The number of rotatable bonds is 4. The summed E-state index contributed by atoms with van der Waals surface area (Å²) in [6, 6.07) is 3.11. The average Bonchev–Trinajstić information content (AvgIpc) is 3.04. The van der Waals surface area contributed by atoms with Crippen molar-refractivity contribution in [3.8, 4) is 5.88 Å². The minimum Gasteiger partial charge on any atom is -0.619 e. The highest BCUT2D eigenvalue weighted by Crippen LogP contribution is 2.21. The van der Waals surface area contributed by atoms with Crippen molar-refractivity contribution in [1.29, 1.82) is 0 Å². The molecule has 2 aromatic rings. The highest BCUT2D eigenvalue weighted by molar-refractivity contribution is 5.93. The molecule has 1 amide bonds. The van der Waals surface area contributed by atoms with E-state index in [-0.39, 0.29) is 17.9 Å². The molecule has 1 aliphatic rings. The van der Waals surface area contributed by atoms with E-state index in [0.717, 1.165) is 0 Å². The maximum absolute atomic E-state index is 14.1. The van der Waals surface area contributed by atoms with Crippen LogP contribution in [-0.4, -0.2) is 40.0 Å². The molecule has 0 N–H and O–H groups in total. The third kappa shape index (κ3) is 3.27. The number of carbonyl (C=O) groups excluding carboxylic acids is 1. The summed E-state index contributed by atoms with van der Waals surface area (Å²) in [5.74, 6) is -0.887. The Hall–Kier alpha value is -2.77. The fourth-order valence-electron chi connectivity index (χ4n) is 2.65. The molecule has 1 fully saturated rings. The van der Waals surface area contributed by atoms with E-state index in [1.54, 1.807) is 17.9 Å². The maximum atomic E-state index is 14.1. The van der Waals surface area contributed by atoms with Crippen LogP contribution in [0.3, 0.4) is 0 Å². The monoisotopic (exact) mass is 332 g/mol. The van der Waals surface area contributed by atoms with Gasteiger partial charge in [0.25, 0.3) is 11.8 Å². The zero-order chi connectivity index (χ0) is 17.1. The molecule has 0 aromatic carbocycles. The third-order valence-electron chi connectivity index (χ3n) is 3.90. The number of amides is 1. The van der Waals surface area contributed by atoms with Gasteiger partial charge in [0.2, 0.25) is 5.82 Å². The number of likely N-dealkylation sites (tertiary alicyclic amines) is 1.